The van der Waals surface area contributed by atoms with Crippen molar-refractivity contribution >= 4 is 17.8 Å². The molecule has 1 N–H and O–H groups in total. The maximum absolute atomic E-state index is 6.20. The van der Waals surface area contributed by atoms with Crippen molar-refractivity contribution in [2.24, 2.45) is 5.10 Å². The topological polar surface area (TPSA) is 38.5 Å². The smallest absolute Gasteiger partial charge is 0.123 e. The Labute approximate surface area is 165 Å². The summed E-state index contributed by atoms with van der Waals surface area (Å²) in [5, 5.41) is 5.12. The fourth-order valence-corrected chi connectivity index (χ4v) is 3.37. The van der Waals surface area contributed by atoms with Gasteiger partial charge in [-0.05, 0) is 50.6 Å². The predicted molar refractivity (Wildman–Crippen MR) is 112 cm³/mol. The van der Waals surface area contributed by atoms with Gasteiger partial charge < -0.3 is 14.7 Å². The average Bonchev–Trinajstić information content (AvgIpc) is 2.94. The van der Waals surface area contributed by atoms with Crippen LogP contribution in [0.5, 0.6) is 5.75 Å². The highest BCUT2D eigenvalue weighted by Gasteiger charge is 2.11. The molecule has 2 aromatic carbocycles. The van der Waals surface area contributed by atoms with Crippen LogP contribution in [0.4, 0.5) is 0 Å². The van der Waals surface area contributed by atoms with Gasteiger partial charge in [-0.15, -0.1) is 0 Å². The number of para-hydroxylation sites is 1. The van der Waals surface area contributed by atoms with Crippen molar-refractivity contribution in [2.75, 3.05) is 7.11 Å². The summed E-state index contributed by atoms with van der Waals surface area (Å²) >= 11 is 6.20. The zero-order chi connectivity index (χ0) is 19.4. The van der Waals surface area contributed by atoms with E-state index in [1.165, 1.54) is 5.56 Å². The molecule has 0 spiro atoms. The van der Waals surface area contributed by atoms with Crippen molar-refractivity contribution in [2.45, 2.75) is 27.3 Å². The molecule has 0 atom stereocenters. The van der Waals surface area contributed by atoms with Crippen LogP contribution in [0.15, 0.2) is 53.6 Å². The first kappa shape index (κ1) is 19.1. The summed E-state index contributed by atoms with van der Waals surface area (Å²) in [7, 11) is 1.68. The molecule has 0 amide bonds. The van der Waals surface area contributed by atoms with Crippen LogP contribution in [-0.4, -0.2) is 17.9 Å². The van der Waals surface area contributed by atoms with E-state index < -0.39 is 0 Å². The third-order valence-electron chi connectivity index (χ3n) is 4.64. The normalized spacial score (nSPS) is 11.1. The largest absolute Gasteiger partial charge is 0.496 e. The highest BCUT2D eigenvalue weighted by molar-refractivity contribution is 6.30. The molecule has 0 saturated heterocycles. The molecule has 4 nitrogen and oxygen atoms in total. The molecular weight excluding hydrogens is 358 g/mol. The Bertz CT molecular complexity index is 976. The molecule has 0 aliphatic carbocycles. The van der Waals surface area contributed by atoms with Gasteiger partial charge in [0.15, 0.2) is 0 Å². The first-order valence-electron chi connectivity index (χ1n) is 8.84. The number of aromatic nitrogens is 1. The second-order valence-corrected chi connectivity index (χ2v) is 6.93. The van der Waals surface area contributed by atoms with Crippen molar-refractivity contribution in [3.63, 3.8) is 0 Å². The minimum Gasteiger partial charge on any atom is -0.496 e. The molecule has 140 valence electrons. The van der Waals surface area contributed by atoms with Crippen molar-refractivity contribution in [1.82, 2.24) is 9.99 Å². The summed E-state index contributed by atoms with van der Waals surface area (Å²) in [4.78, 5) is 0. The van der Waals surface area contributed by atoms with Crippen LogP contribution in [0.2, 0.25) is 5.02 Å². The van der Waals surface area contributed by atoms with Crippen LogP contribution in [0.3, 0.4) is 0 Å². The summed E-state index contributed by atoms with van der Waals surface area (Å²) in [6.07, 6.45) is 1.86. The fraction of sp³-hybridized carbons (Fsp3) is 0.227. The van der Waals surface area contributed by atoms with E-state index in [0.29, 0.717) is 6.54 Å². The van der Waals surface area contributed by atoms with Gasteiger partial charge >= 0.3 is 0 Å². The zero-order valence-electron chi connectivity index (χ0n) is 16.1. The molecule has 0 saturated carbocycles. The van der Waals surface area contributed by atoms with E-state index in [1.54, 1.807) is 7.11 Å². The minimum absolute atomic E-state index is 0.604. The number of hydrogen-bond acceptors (Lipinski definition) is 3. The van der Waals surface area contributed by atoms with E-state index in [2.05, 4.69) is 41.9 Å². The summed E-state index contributed by atoms with van der Waals surface area (Å²) < 4.78 is 7.57. The Balaban J connectivity index is 1.78. The number of ether oxygens (including phenoxy) is 1. The highest BCUT2D eigenvalue weighted by Crippen LogP contribution is 2.25. The second-order valence-electron chi connectivity index (χ2n) is 6.50. The number of halogens is 1. The number of benzene rings is 2. The second kappa shape index (κ2) is 8.31. The molecule has 0 aliphatic heterocycles. The van der Waals surface area contributed by atoms with Crippen molar-refractivity contribution in [1.29, 1.82) is 0 Å². The van der Waals surface area contributed by atoms with Gasteiger partial charge in [-0.25, -0.2) is 0 Å². The third-order valence-corrected chi connectivity index (χ3v) is 4.87. The lowest BCUT2D eigenvalue weighted by Crippen LogP contribution is -2.07. The van der Waals surface area contributed by atoms with E-state index in [4.69, 9.17) is 16.3 Å². The number of nitrogens with one attached hydrogen (secondary N) is 1. The quantitative estimate of drug-likeness (QED) is 0.471. The van der Waals surface area contributed by atoms with Gasteiger partial charge in [-0.2, -0.15) is 5.10 Å². The molecule has 0 unspecified atom stereocenters. The Morgan fingerprint density at radius 1 is 1.11 bits per heavy atom. The molecule has 3 aromatic rings. The fourth-order valence-electron chi connectivity index (χ4n) is 3.21. The Morgan fingerprint density at radius 3 is 2.67 bits per heavy atom. The highest BCUT2D eigenvalue weighted by atomic mass is 35.5. The predicted octanol–water partition coefficient (Wildman–Crippen LogP) is 5.19. The number of hydrogen-bond donors (Lipinski definition) is 1. The van der Waals surface area contributed by atoms with Crippen LogP contribution in [0.25, 0.3) is 5.69 Å². The Morgan fingerprint density at radius 2 is 1.89 bits per heavy atom. The van der Waals surface area contributed by atoms with E-state index in [-0.39, 0.29) is 0 Å². The number of rotatable bonds is 6. The molecule has 3 rings (SSSR count). The third kappa shape index (κ3) is 4.17. The summed E-state index contributed by atoms with van der Waals surface area (Å²) in [6, 6.07) is 16.0. The van der Waals surface area contributed by atoms with Crippen LogP contribution >= 0.6 is 11.6 Å². The molecular formula is C22H24ClN3O. The van der Waals surface area contributed by atoms with E-state index in [9.17, 15) is 0 Å². The van der Waals surface area contributed by atoms with E-state index in [1.807, 2.05) is 48.7 Å². The molecule has 1 heterocycles. The minimum atomic E-state index is 0.604. The summed E-state index contributed by atoms with van der Waals surface area (Å²) in [5.41, 5.74) is 9.78. The van der Waals surface area contributed by atoms with Crippen LogP contribution < -0.4 is 10.2 Å². The molecule has 0 radical (unpaired) electrons. The van der Waals surface area contributed by atoms with Gasteiger partial charge in [0.05, 0.1) is 19.9 Å². The molecule has 0 fully saturated rings. The van der Waals surface area contributed by atoms with Crippen molar-refractivity contribution in [3.8, 4) is 11.4 Å². The molecule has 1 aromatic heterocycles. The lowest BCUT2D eigenvalue weighted by molar-refractivity contribution is 0.408. The number of aryl methyl sites for hydroxylation is 2. The van der Waals surface area contributed by atoms with Crippen LogP contribution in [0, 0.1) is 20.8 Å². The lowest BCUT2D eigenvalue weighted by Gasteiger charge is -2.13. The average molecular weight is 382 g/mol. The maximum Gasteiger partial charge on any atom is 0.123 e. The summed E-state index contributed by atoms with van der Waals surface area (Å²) in [5.74, 6) is 0.856. The first-order chi connectivity index (χ1) is 13.0. The van der Waals surface area contributed by atoms with E-state index >= 15 is 0 Å². The van der Waals surface area contributed by atoms with Gasteiger partial charge in [0, 0.05) is 33.2 Å². The Hall–Kier alpha value is -2.72. The van der Waals surface area contributed by atoms with Gasteiger partial charge in [-0.3, -0.25) is 0 Å². The van der Waals surface area contributed by atoms with Crippen LogP contribution in [-0.2, 0) is 6.54 Å². The van der Waals surface area contributed by atoms with Gasteiger partial charge in [0.2, 0.25) is 0 Å². The lowest BCUT2D eigenvalue weighted by atomic mass is 10.2. The Kier molecular flexibility index (Phi) is 5.87. The van der Waals surface area contributed by atoms with E-state index in [0.717, 1.165) is 39.0 Å². The first-order valence-corrected chi connectivity index (χ1v) is 9.22. The molecule has 5 heteroatoms. The number of hydrazone groups is 1. The van der Waals surface area contributed by atoms with Crippen molar-refractivity contribution < 1.29 is 4.74 Å². The maximum atomic E-state index is 6.20. The SMILES string of the molecule is COc1ccccc1CN/N=C/c1cc(C)n(-c2cc(Cl)ccc2C)c1C. The molecule has 27 heavy (non-hydrogen) atoms. The molecule has 0 bridgehead atoms. The standard InChI is InChI=1S/C22H24ClN3O/c1-15-9-10-20(23)12-21(15)26-16(2)11-19(17(26)3)14-25-24-13-18-7-5-6-8-22(18)27-4/h5-12,14,24H,13H2,1-4H3/b25-14+. The number of nitrogens with zero attached hydrogens (tertiary/aromatic N) is 2. The van der Waals surface area contributed by atoms with Gasteiger partial charge in [0.25, 0.3) is 0 Å². The number of methoxy groups -OCH3 is 1. The van der Waals surface area contributed by atoms with Gasteiger partial charge in [0.1, 0.15) is 5.75 Å². The van der Waals surface area contributed by atoms with Crippen molar-refractivity contribution in [3.05, 3.63) is 81.6 Å². The monoisotopic (exact) mass is 381 g/mol. The molecule has 0 aliphatic rings. The zero-order valence-corrected chi connectivity index (χ0v) is 16.8. The summed E-state index contributed by atoms with van der Waals surface area (Å²) in [6.45, 7) is 6.88. The van der Waals surface area contributed by atoms with Crippen LogP contribution in [0.1, 0.15) is 28.1 Å². The van der Waals surface area contributed by atoms with Gasteiger partial charge in [-0.1, -0.05) is 35.9 Å².